The quantitative estimate of drug-likeness (QED) is 0.808. The van der Waals surface area contributed by atoms with Gasteiger partial charge >= 0.3 is 0 Å². The molecule has 0 aliphatic heterocycles. The summed E-state index contributed by atoms with van der Waals surface area (Å²) in [6, 6.07) is 0. The molecule has 3 nitrogen and oxygen atoms in total. The minimum Gasteiger partial charge on any atom is -0.394 e. The molecule has 0 aromatic carbocycles. The minimum atomic E-state index is -0.287. The first-order valence-corrected chi connectivity index (χ1v) is 5.67. The summed E-state index contributed by atoms with van der Waals surface area (Å²) in [6.07, 6.45) is 0. The van der Waals surface area contributed by atoms with Crippen LogP contribution >= 0.6 is 11.3 Å². The smallest absolute Gasteiger partial charge is 0.183 e. The van der Waals surface area contributed by atoms with Gasteiger partial charge in [-0.3, -0.25) is 0 Å². The minimum absolute atomic E-state index is 0.114. The number of aromatic nitrogens is 1. The third kappa shape index (κ3) is 2.45. The summed E-state index contributed by atoms with van der Waals surface area (Å²) in [5.41, 5.74) is 0.728. The van der Waals surface area contributed by atoms with Gasteiger partial charge in [-0.1, -0.05) is 13.8 Å². The van der Waals surface area contributed by atoms with E-state index in [0.29, 0.717) is 5.92 Å². The summed E-state index contributed by atoms with van der Waals surface area (Å²) < 4.78 is 0. The van der Waals surface area contributed by atoms with Gasteiger partial charge in [0.1, 0.15) is 0 Å². The zero-order valence-corrected chi connectivity index (χ0v) is 9.98. The van der Waals surface area contributed by atoms with Gasteiger partial charge in [0.05, 0.1) is 17.8 Å². The van der Waals surface area contributed by atoms with Crippen LogP contribution in [0.5, 0.6) is 0 Å². The number of thiazole rings is 1. The largest absolute Gasteiger partial charge is 0.394 e. The van der Waals surface area contributed by atoms with E-state index in [1.807, 2.05) is 19.2 Å². The number of aliphatic hydroxyl groups excluding tert-OH is 1. The summed E-state index contributed by atoms with van der Waals surface area (Å²) in [6.45, 7) is 8.26. The lowest BCUT2D eigenvalue weighted by Crippen LogP contribution is -2.43. The van der Waals surface area contributed by atoms with E-state index in [4.69, 9.17) is 0 Å². The third-order valence-electron chi connectivity index (χ3n) is 2.61. The van der Waals surface area contributed by atoms with Gasteiger partial charge in [0.25, 0.3) is 0 Å². The molecule has 0 saturated heterocycles. The summed E-state index contributed by atoms with van der Waals surface area (Å²) in [5.74, 6) is 0.358. The summed E-state index contributed by atoms with van der Waals surface area (Å²) >= 11 is 1.58. The highest BCUT2D eigenvalue weighted by molar-refractivity contribution is 7.13. The first-order valence-electron chi connectivity index (χ1n) is 4.79. The van der Waals surface area contributed by atoms with Gasteiger partial charge in [-0.25, -0.2) is 4.98 Å². The lowest BCUT2D eigenvalue weighted by Gasteiger charge is -2.32. The lowest BCUT2D eigenvalue weighted by molar-refractivity contribution is 0.186. The number of aliphatic hydroxyl groups is 1. The van der Waals surface area contributed by atoms with Crippen LogP contribution in [0.1, 0.15) is 26.5 Å². The van der Waals surface area contributed by atoms with Gasteiger partial charge in [-0.05, 0) is 19.8 Å². The molecule has 0 spiro atoms. The predicted octanol–water partition coefficient (Wildman–Crippen LogP) is 2.27. The van der Waals surface area contributed by atoms with Gasteiger partial charge < -0.3 is 10.4 Å². The molecule has 0 saturated carbocycles. The molecule has 1 unspecified atom stereocenters. The Morgan fingerprint density at radius 1 is 1.64 bits per heavy atom. The summed E-state index contributed by atoms with van der Waals surface area (Å²) in [4.78, 5) is 4.32. The fourth-order valence-corrected chi connectivity index (χ4v) is 1.85. The zero-order chi connectivity index (χ0) is 10.8. The molecule has 1 heterocycles. The van der Waals surface area contributed by atoms with E-state index in [1.165, 1.54) is 0 Å². The van der Waals surface area contributed by atoms with E-state index in [2.05, 4.69) is 24.1 Å². The second-order valence-corrected chi connectivity index (χ2v) is 5.01. The maximum Gasteiger partial charge on any atom is 0.183 e. The number of anilines is 1. The van der Waals surface area contributed by atoms with Crippen molar-refractivity contribution >= 4 is 16.5 Å². The van der Waals surface area contributed by atoms with Crippen LogP contribution < -0.4 is 5.32 Å². The van der Waals surface area contributed by atoms with Crippen LogP contribution in [0.25, 0.3) is 0 Å². The van der Waals surface area contributed by atoms with Crippen LogP contribution in [-0.4, -0.2) is 22.2 Å². The molecule has 80 valence electrons. The number of aryl methyl sites for hydroxylation is 1. The van der Waals surface area contributed by atoms with Gasteiger partial charge in [0.2, 0.25) is 0 Å². The SMILES string of the molecule is Cc1csc(NC(C)(CO)C(C)C)n1. The highest BCUT2D eigenvalue weighted by atomic mass is 32.1. The number of hydrogen-bond acceptors (Lipinski definition) is 4. The Hall–Kier alpha value is -0.610. The Morgan fingerprint density at radius 3 is 2.64 bits per heavy atom. The van der Waals surface area contributed by atoms with E-state index >= 15 is 0 Å². The molecule has 2 N–H and O–H groups in total. The van der Waals surface area contributed by atoms with Crippen LogP contribution in [0.3, 0.4) is 0 Å². The number of nitrogens with zero attached hydrogens (tertiary/aromatic N) is 1. The van der Waals surface area contributed by atoms with Gasteiger partial charge in [-0.15, -0.1) is 11.3 Å². The zero-order valence-electron chi connectivity index (χ0n) is 9.16. The predicted molar refractivity (Wildman–Crippen MR) is 60.8 cm³/mol. The lowest BCUT2D eigenvalue weighted by atomic mass is 9.90. The van der Waals surface area contributed by atoms with Crippen LogP contribution in [0.2, 0.25) is 0 Å². The molecule has 4 heteroatoms. The Morgan fingerprint density at radius 2 is 2.29 bits per heavy atom. The van der Waals surface area contributed by atoms with E-state index in [9.17, 15) is 5.11 Å². The van der Waals surface area contributed by atoms with Crippen molar-refractivity contribution in [1.82, 2.24) is 4.98 Å². The van der Waals surface area contributed by atoms with Crippen LogP contribution in [-0.2, 0) is 0 Å². The molecule has 1 rings (SSSR count). The molecule has 0 fully saturated rings. The van der Waals surface area contributed by atoms with Gasteiger partial charge in [0.15, 0.2) is 5.13 Å². The molecular weight excluding hydrogens is 196 g/mol. The summed E-state index contributed by atoms with van der Waals surface area (Å²) in [5, 5.41) is 15.5. The molecule has 0 amide bonds. The number of hydrogen-bond donors (Lipinski definition) is 2. The average Bonchev–Trinajstić information content (AvgIpc) is 2.50. The van der Waals surface area contributed by atoms with Crippen molar-refractivity contribution in [3.63, 3.8) is 0 Å². The Kier molecular flexibility index (Phi) is 3.50. The molecule has 0 aliphatic carbocycles. The molecule has 1 aromatic heterocycles. The van der Waals surface area contributed by atoms with E-state index < -0.39 is 0 Å². The maximum absolute atomic E-state index is 9.34. The fraction of sp³-hybridized carbons (Fsp3) is 0.700. The first kappa shape index (κ1) is 11.5. The number of rotatable bonds is 4. The van der Waals surface area contributed by atoms with Crippen molar-refractivity contribution < 1.29 is 5.11 Å². The standard InChI is InChI=1S/C10H18N2OS/c1-7(2)10(4,6-13)12-9-11-8(3)5-14-9/h5,7,13H,6H2,1-4H3,(H,11,12). The Balaban J connectivity index is 2.75. The third-order valence-corrected chi connectivity index (χ3v) is 3.49. The van der Waals surface area contributed by atoms with Crippen molar-refractivity contribution in [3.05, 3.63) is 11.1 Å². The highest BCUT2D eigenvalue weighted by Gasteiger charge is 2.27. The number of nitrogens with one attached hydrogen (secondary N) is 1. The van der Waals surface area contributed by atoms with Crippen molar-refractivity contribution in [2.45, 2.75) is 33.2 Å². The molecule has 0 bridgehead atoms. The highest BCUT2D eigenvalue weighted by Crippen LogP contribution is 2.24. The van der Waals surface area contributed by atoms with Crippen molar-refractivity contribution in [1.29, 1.82) is 0 Å². The topological polar surface area (TPSA) is 45.1 Å². The van der Waals surface area contributed by atoms with Crippen molar-refractivity contribution in [2.75, 3.05) is 11.9 Å². The molecule has 14 heavy (non-hydrogen) atoms. The van der Waals surface area contributed by atoms with Gasteiger partial charge in [0, 0.05) is 5.38 Å². The Labute approximate surface area is 89.2 Å². The fourth-order valence-electron chi connectivity index (χ4n) is 1.02. The van der Waals surface area contributed by atoms with Crippen LogP contribution in [0, 0.1) is 12.8 Å². The monoisotopic (exact) mass is 214 g/mol. The molecule has 0 aliphatic rings. The molecule has 1 aromatic rings. The van der Waals surface area contributed by atoms with Gasteiger partial charge in [-0.2, -0.15) is 0 Å². The van der Waals surface area contributed by atoms with E-state index in [1.54, 1.807) is 11.3 Å². The van der Waals surface area contributed by atoms with Crippen LogP contribution in [0.4, 0.5) is 5.13 Å². The van der Waals surface area contributed by atoms with E-state index in [0.717, 1.165) is 10.8 Å². The molecule has 0 radical (unpaired) electrons. The normalized spacial score (nSPS) is 15.6. The van der Waals surface area contributed by atoms with Crippen molar-refractivity contribution in [3.8, 4) is 0 Å². The molecule has 1 atom stereocenters. The Bertz CT molecular complexity index is 298. The molecular formula is C10H18N2OS. The van der Waals surface area contributed by atoms with Crippen LogP contribution in [0.15, 0.2) is 5.38 Å². The second-order valence-electron chi connectivity index (χ2n) is 4.15. The second kappa shape index (κ2) is 4.28. The van der Waals surface area contributed by atoms with E-state index in [-0.39, 0.29) is 12.1 Å². The average molecular weight is 214 g/mol. The summed E-state index contributed by atoms with van der Waals surface area (Å²) in [7, 11) is 0. The first-order chi connectivity index (χ1) is 6.48. The maximum atomic E-state index is 9.34. The van der Waals surface area contributed by atoms with Crippen molar-refractivity contribution in [2.24, 2.45) is 5.92 Å².